The minimum absolute atomic E-state index is 0.0247. The summed E-state index contributed by atoms with van der Waals surface area (Å²) in [6, 6.07) is 26.3. The molecule has 1 N–H and O–H groups in total. The normalized spacial score (nSPS) is 19.9. The van der Waals surface area contributed by atoms with Gasteiger partial charge in [-0.25, -0.2) is 0 Å². The Morgan fingerprint density at radius 3 is 2.17 bits per heavy atom. The predicted octanol–water partition coefficient (Wildman–Crippen LogP) is 9.56. The lowest BCUT2D eigenvalue weighted by Gasteiger charge is -2.26. The van der Waals surface area contributed by atoms with Crippen LogP contribution in [0, 0.1) is 0 Å². The first-order chi connectivity index (χ1) is 19.2. The van der Waals surface area contributed by atoms with Gasteiger partial charge >= 0.3 is 0 Å². The fourth-order valence-corrected chi connectivity index (χ4v) is 6.83. The van der Waals surface area contributed by atoms with Crippen LogP contribution in [0.1, 0.15) is 38.8 Å². The van der Waals surface area contributed by atoms with E-state index in [9.17, 15) is 0 Å². The molecule has 0 bridgehead atoms. The Morgan fingerprint density at radius 1 is 0.800 bits per heavy atom. The molecule has 2 nitrogen and oxygen atoms in total. The largest absolute Gasteiger partial charge is 0.378 e. The molecule has 4 aromatic carbocycles. The number of nitrogens with one attached hydrogen (secondary N) is 1. The van der Waals surface area contributed by atoms with E-state index < -0.39 is 0 Å². The average Bonchev–Trinajstić information content (AvgIpc) is 3.32. The Balaban J connectivity index is 1.16. The van der Waals surface area contributed by atoms with E-state index >= 15 is 0 Å². The first-order valence-electron chi connectivity index (χ1n) is 14.0. The molecule has 0 radical (unpaired) electrons. The highest BCUT2D eigenvalue weighted by atomic mass is 35.5. The van der Waals surface area contributed by atoms with Gasteiger partial charge in [-0.3, -0.25) is 0 Å². The molecule has 1 unspecified atom stereocenters. The van der Waals surface area contributed by atoms with E-state index in [1.54, 1.807) is 0 Å². The number of hydrogen-bond donors (Lipinski definition) is 1. The van der Waals surface area contributed by atoms with Crippen molar-refractivity contribution >= 4 is 50.2 Å². The van der Waals surface area contributed by atoms with Gasteiger partial charge in [0.15, 0.2) is 5.71 Å². The van der Waals surface area contributed by atoms with Crippen LogP contribution < -0.4 is 5.32 Å². The molecule has 2 heterocycles. The number of allylic oxidation sites excluding steroid dienone is 7. The fourth-order valence-electron chi connectivity index (χ4n) is 6.68. The van der Waals surface area contributed by atoms with Gasteiger partial charge in [-0.2, -0.15) is 4.58 Å². The molecule has 1 atom stereocenters. The van der Waals surface area contributed by atoms with Gasteiger partial charge in [0, 0.05) is 33.8 Å². The van der Waals surface area contributed by atoms with Gasteiger partial charge in [-0.1, -0.05) is 104 Å². The number of rotatable bonds is 5. The maximum atomic E-state index is 6.58. The van der Waals surface area contributed by atoms with E-state index in [2.05, 4.69) is 142 Å². The maximum absolute atomic E-state index is 6.58. The number of nitrogens with zero attached hydrogens (tertiary/aromatic N) is 1. The summed E-state index contributed by atoms with van der Waals surface area (Å²) in [5, 5.41) is 9.62. The van der Waals surface area contributed by atoms with Crippen LogP contribution in [-0.4, -0.2) is 23.4 Å². The predicted molar refractivity (Wildman–Crippen MR) is 174 cm³/mol. The summed E-state index contributed by atoms with van der Waals surface area (Å²) in [7, 11) is 2.15. The molecule has 40 heavy (non-hydrogen) atoms. The molecule has 0 amide bonds. The third-order valence-corrected chi connectivity index (χ3v) is 8.99. The van der Waals surface area contributed by atoms with Gasteiger partial charge in [-0.05, 0) is 65.2 Å². The first-order valence-corrected chi connectivity index (χ1v) is 14.4. The molecule has 0 aromatic heterocycles. The van der Waals surface area contributed by atoms with Gasteiger partial charge in [0.25, 0.3) is 0 Å². The van der Waals surface area contributed by atoms with Crippen LogP contribution in [0.25, 0.3) is 21.5 Å². The first kappa shape index (κ1) is 26.3. The Morgan fingerprint density at radius 2 is 1.45 bits per heavy atom. The molecule has 0 spiro atoms. The zero-order valence-electron chi connectivity index (χ0n) is 23.9. The highest BCUT2D eigenvalue weighted by Crippen LogP contribution is 2.45. The number of halogens is 1. The molecule has 2 aliphatic rings. The number of anilines is 1. The van der Waals surface area contributed by atoms with Crippen molar-refractivity contribution < 1.29 is 4.58 Å². The molecular weight excluding hydrogens is 508 g/mol. The Kier molecular flexibility index (Phi) is 6.55. The molecule has 0 fully saturated rings. The molecule has 3 heteroatoms. The quantitative estimate of drug-likeness (QED) is 0.195. The molecule has 4 aromatic rings. The second-order valence-electron chi connectivity index (χ2n) is 12.0. The molecule has 2 aliphatic heterocycles. The van der Waals surface area contributed by atoms with Gasteiger partial charge in [-0.15, -0.1) is 0 Å². The standard InChI is InChI=1S/C37H36ClN2/c1-36(2)32(39-30-23-21-25-13-6-9-17-28(25)34(30)36)19-11-8-15-27(38)16-12-20-33-37(3,4)35-29-18-10-7-14-26(29)22-24-31(35)40(33)5/h6-24,32,39H,1-5H3/q+1/b15-8+,19-11+,20-12+,27-16-. The number of hydrogen-bond acceptors (Lipinski definition) is 1. The monoisotopic (exact) mass is 543 g/mol. The van der Waals surface area contributed by atoms with Crippen molar-refractivity contribution in [3.8, 4) is 0 Å². The van der Waals surface area contributed by atoms with Crippen LogP contribution in [-0.2, 0) is 10.8 Å². The highest BCUT2D eigenvalue weighted by Gasteiger charge is 2.44. The molecule has 0 aliphatic carbocycles. The summed E-state index contributed by atoms with van der Waals surface area (Å²) >= 11 is 6.58. The molecule has 200 valence electrons. The van der Waals surface area contributed by atoms with Crippen molar-refractivity contribution in [3.05, 3.63) is 131 Å². The van der Waals surface area contributed by atoms with Gasteiger partial charge < -0.3 is 5.32 Å². The van der Waals surface area contributed by atoms with Crippen molar-refractivity contribution in [2.45, 2.75) is 44.6 Å². The molecule has 0 saturated heterocycles. The third kappa shape index (κ3) is 4.32. The highest BCUT2D eigenvalue weighted by molar-refractivity contribution is 6.31. The van der Waals surface area contributed by atoms with Gasteiger partial charge in [0.2, 0.25) is 5.69 Å². The second-order valence-corrected chi connectivity index (χ2v) is 12.4. The lowest BCUT2D eigenvalue weighted by molar-refractivity contribution is -0.401. The lowest BCUT2D eigenvalue weighted by atomic mass is 9.78. The van der Waals surface area contributed by atoms with E-state index in [-0.39, 0.29) is 16.9 Å². The van der Waals surface area contributed by atoms with Crippen molar-refractivity contribution in [2.24, 2.45) is 0 Å². The van der Waals surface area contributed by atoms with Crippen molar-refractivity contribution in [1.29, 1.82) is 0 Å². The minimum atomic E-state index is -0.107. The summed E-state index contributed by atoms with van der Waals surface area (Å²) in [6.07, 6.45) is 14.5. The zero-order valence-corrected chi connectivity index (χ0v) is 24.6. The van der Waals surface area contributed by atoms with E-state index in [1.807, 2.05) is 18.2 Å². The smallest absolute Gasteiger partial charge is 0.210 e. The minimum Gasteiger partial charge on any atom is -0.378 e. The van der Waals surface area contributed by atoms with Crippen LogP contribution in [0.5, 0.6) is 0 Å². The van der Waals surface area contributed by atoms with Crippen molar-refractivity contribution in [1.82, 2.24) is 0 Å². The maximum Gasteiger partial charge on any atom is 0.210 e. The zero-order chi connectivity index (χ0) is 28.1. The SMILES string of the molecule is C[N+]1=C(/C=C/C=C(Cl)/C=C/C=C/C2Nc3ccc4ccccc4c3C2(C)C)C(C)(C)c2c1ccc1ccccc21. The average molecular weight is 544 g/mol. The summed E-state index contributed by atoms with van der Waals surface area (Å²) in [5.41, 5.74) is 6.38. The Labute approximate surface area is 242 Å². The van der Waals surface area contributed by atoms with Crippen LogP contribution in [0.3, 0.4) is 0 Å². The molecular formula is C37H36ClN2+. The summed E-state index contributed by atoms with van der Waals surface area (Å²) in [5.74, 6) is 0. The van der Waals surface area contributed by atoms with Crippen molar-refractivity contribution in [2.75, 3.05) is 12.4 Å². The van der Waals surface area contributed by atoms with Crippen LogP contribution in [0.4, 0.5) is 11.4 Å². The van der Waals surface area contributed by atoms with E-state index in [1.165, 1.54) is 49.8 Å². The number of benzene rings is 4. The molecule has 0 saturated carbocycles. The van der Waals surface area contributed by atoms with Gasteiger partial charge in [0.05, 0.1) is 11.5 Å². The summed E-state index contributed by atoms with van der Waals surface area (Å²) in [6.45, 7) is 9.23. The Hall–Kier alpha value is -3.88. The van der Waals surface area contributed by atoms with E-state index in [0.29, 0.717) is 5.03 Å². The summed E-state index contributed by atoms with van der Waals surface area (Å²) in [4.78, 5) is 0. The number of fused-ring (bicyclic) bond motifs is 6. The Bertz CT molecular complexity index is 1800. The van der Waals surface area contributed by atoms with Gasteiger partial charge in [0.1, 0.15) is 7.05 Å². The topological polar surface area (TPSA) is 15.0 Å². The lowest BCUT2D eigenvalue weighted by Crippen LogP contribution is -2.31. The van der Waals surface area contributed by atoms with E-state index in [4.69, 9.17) is 11.6 Å². The van der Waals surface area contributed by atoms with Crippen LogP contribution >= 0.6 is 11.6 Å². The fraction of sp³-hybridized carbons (Fsp3) is 0.216. The van der Waals surface area contributed by atoms with Crippen LogP contribution in [0.2, 0.25) is 0 Å². The summed E-state index contributed by atoms with van der Waals surface area (Å²) < 4.78 is 2.30. The van der Waals surface area contributed by atoms with E-state index in [0.717, 1.165) is 0 Å². The second kappa shape index (κ2) is 9.94. The third-order valence-electron chi connectivity index (χ3n) is 8.74. The van der Waals surface area contributed by atoms with Crippen molar-refractivity contribution in [3.63, 3.8) is 0 Å². The molecule has 6 rings (SSSR count). The van der Waals surface area contributed by atoms with Crippen LogP contribution in [0.15, 0.2) is 120 Å².